The molecule has 2 heterocycles. The summed E-state index contributed by atoms with van der Waals surface area (Å²) in [4.78, 5) is 29.9. The first-order valence-corrected chi connectivity index (χ1v) is 9.31. The van der Waals surface area contributed by atoms with Crippen LogP contribution in [0.3, 0.4) is 0 Å². The van der Waals surface area contributed by atoms with Crippen LogP contribution in [0, 0.1) is 6.92 Å². The zero-order valence-electron chi connectivity index (χ0n) is 15.6. The first kappa shape index (κ1) is 17.3. The number of carbonyl (C=O) groups is 2. The van der Waals surface area contributed by atoms with Gasteiger partial charge in [0, 0.05) is 40.4 Å². The largest absolute Gasteiger partial charge is 0.358 e. The highest BCUT2D eigenvalue weighted by atomic mass is 16.2. The molecule has 2 aromatic carbocycles. The molecule has 1 fully saturated rings. The van der Waals surface area contributed by atoms with Crippen LogP contribution >= 0.6 is 0 Å². The van der Waals surface area contributed by atoms with Crippen molar-refractivity contribution >= 4 is 34.1 Å². The van der Waals surface area contributed by atoms with Crippen molar-refractivity contribution in [3.63, 3.8) is 0 Å². The fourth-order valence-electron chi connectivity index (χ4n) is 3.89. The van der Waals surface area contributed by atoms with Gasteiger partial charge in [0.05, 0.1) is 6.42 Å². The SMILES string of the molecule is Cc1[nH]c2ccccc2c1CC(=O)Nc1cccc(N2C(=O)CCC2C)c1. The average Bonchev–Trinajstić information content (AvgIpc) is 3.14. The molecule has 5 nitrogen and oxygen atoms in total. The van der Waals surface area contributed by atoms with Crippen LogP contribution in [0.25, 0.3) is 10.9 Å². The predicted molar refractivity (Wildman–Crippen MR) is 108 cm³/mol. The van der Waals surface area contributed by atoms with E-state index in [0.717, 1.165) is 34.3 Å². The van der Waals surface area contributed by atoms with E-state index in [9.17, 15) is 9.59 Å². The molecular formula is C22H23N3O2. The molecule has 0 bridgehead atoms. The van der Waals surface area contributed by atoms with E-state index in [2.05, 4.69) is 17.2 Å². The molecule has 2 amide bonds. The van der Waals surface area contributed by atoms with Crippen LogP contribution in [0.5, 0.6) is 0 Å². The van der Waals surface area contributed by atoms with Gasteiger partial charge in [0.2, 0.25) is 11.8 Å². The van der Waals surface area contributed by atoms with E-state index < -0.39 is 0 Å². The molecule has 2 N–H and O–H groups in total. The van der Waals surface area contributed by atoms with Crippen LogP contribution in [0.1, 0.15) is 31.0 Å². The summed E-state index contributed by atoms with van der Waals surface area (Å²) in [6.45, 7) is 4.04. The summed E-state index contributed by atoms with van der Waals surface area (Å²) in [5.74, 6) is 0.0705. The lowest BCUT2D eigenvalue weighted by atomic mass is 10.1. The van der Waals surface area contributed by atoms with Crippen molar-refractivity contribution in [1.82, 2.24) is 4.98 Å². The van der Waals surface area contributed by atoms with Gasteiger partial charge in [-0.3, -0.25) is 9.59 Å². The van der Waals surface area contributed by atoms with Gasteiger partial charge >= 0.3 is 0 Å². The molecule has 138 valence electrons. The first-order chi connectivity index (χ1) is 13.0. The number of carbonyl (C=O) groups excluding carboxylic acids is 2. The van der Waals surface area contributed by atoms with Crippen LogP contribution < -0.4 is 10.2 Å². The third kappa shape index (κ3) is 3.33. The third-order valence-electron chi connectivity index (χ3n) is 5.26. The Hall–Kier alpha value is -3.08. The summed E-state index contributed by atoms with van der Waals surface area (Å²) in [5, 5.41) is 4.05. The minimum absolute atomic E-state index is 0.0687. The maximum absolute atomic E-state index is 12.6. The van der Waals surface area contributed by atoms with Crippen molar-refractivity contribution in [2.45, 2.75) is 39.2 Å². The Kier molecular flexibility index (Phi) is 4.44. The van der Waals surface area contributed by atoms with Gasteiger partial charge in [-0.25, -0.2) is 0 Å². The predicted octanol–water partition coefficient (Wildman–Crippen LogP) is 4.17. The number of benzene rings is 2. The Morgan fingerprint density at radius 3 is 2.81 bits per heavy atom. The Bertz CT molecular complexity index is 1020. The van der Waals surface area contributed by atoms with Crippen molar-refractivity contribution in [2.75, 3.05) is 10.2 Å². The maximum atomic E-state index is 12.6. The fourth-order valence-corrected chi connectivity index (χ4v) is 3.89. The Balaban J connectivity index is 1.52. The third-order valence-corrected chi connectivity index (χ3v) is 5.26. The standard InChI is InChI=1S/C22H23N3O2/c1-14-10-11-22(27)25(14)17-7-5-6-16(12-17)24-21(26)13-19-15(2)23-20-9-4-3-8-18(19)20/h3-9,12,14,23H,10-11,13H2,1-2H3,(H,24,26). The number of aromatic amines is 1. The summed E-state index contributed by atoms with van der Waals surface area (Å²) in [6, 6.07) is 15.7. The summed E-state index contributed by atoms with van der Waals surface area (Å²) < 4.78 is 0. The number of H-pyrrole nitrogens is 1. The number of aryl methyl sites for hydroxylation is 1. The summed E-state index contributed by atoms with van der Waals surface area (Å²) >= 11 is 0. The highest BCUT2D eigenvalue weighted by Gasteiger charge is 2.28. The number of nitrogens with one attached hydrogen (secondary N) is 2. The second-order valence-corrected chi connectivity index (χ2v) is 7.20. The number of aromatic nitrogens is 1. The molecule has 27 heavy (non-hydrogen) atoms. The van der Waals surface area contributed by atoms with E-state index in [4.69, 9.17) is 0 Å². The zero-order valence-corrected chi connectivity index (χ0v) is 15.6. The molecule has 1 aromatic heterocycles. The fraction of sp³-hybridized carbons (Fsp3) is 0.273. The van der Waals surface area contributed by atoms with E-state index in [1.807, 2.05) is 60.4 Å². The Morgan fingerprint density at radius 2 is 2.04 bits per heavy atom. The summed E-state index contributed by atoms with van der Waals surface area (Å²) in [6.07, 6.45) is 1.76. The Morgan fingerprint density at radius 1 is 1.22 bits per heavy atom. The number of para-hydroxylation sites is 1. The molecule has 1 unspecified atom stereocenters. The van der Waals surface area contributed by atoms with Crippen molar-refractivity contribution in [2.24, 2.45) is 0 Å². The second-order valence-electron chi connectivity index (χ2n) is 7.20. The molecular weight excluding hydrogens is 338 g/mol. The summed E-state index contributed by atoms with van der Waals surface area (Å²) in [5.41, 5.74) is 4.62. The minimum Gasteiger partial charge on any atom is -0.358 e. The van der Waals surface area contributed by atoms with Crippen LogP contribution in [0.15, 0.2) is 48.5 Å². The van der Waals surface area contributed by atoms with Crippen molar-refractivity contribution in [3.05, 3.63) is 59.8 Å². The van der Waals surface area contributed by atoms with E-state index in [1.165, 1.54) is 0 Å². The van der Waals surface area contributed by atoms with E-state index in [-0.39, 0.29) is 17.9 Å². The molecule has 1 aliphatic rings. The summed E-state index contributed by atoms with van der Waals surface area (Å²) in [7, 11) is 0. The highest BCUT2D eigenvalue weighted by Crippen LogP contribution is 2.28. The number of nitrogens with zero attached hydrogens (tertiary/aromatic N) is 1. The van der Waals surface area contributed by atoms with Crippen LogP contribution in [0.4, 0.5) is 11.4 Å². The molecule has 1 saturated heterocycles. The molecule has 3 aromatic rings. The lowest BCUT2D eigenvalue weighted by molar-refractivity contribution is -0.117. The van der Waals surface area contributed by atoms with Gasteiger partial charge in [0.15, 0.2) is 0 Å². The topological polar surface area (TPSA) is 65.2 Å². The van der Waals surface area contributed by atoms with Crippen LogP contribution in [-0.4, -0.2) is 22.8 Å². The van der Waals surface area contributed by atoms with Crippen molar-refractivity contribution in [1.29, 1.82) is 0 Å². The minimum atomic E-state index is -0.0687. The van der Waals surface area contributed by atoms with Gasteiger partial charge in [0.1, 0.15) is 0 Å². The molecule has 1 atom stereocenters. The number of hydrogen-bond donors (Lipinski definition) is 2. The molecule has 1 aliphatic heterocycles. The van der Waals surface area contributed by atoms with Gasteiger partial charge < -0.3 is 15.2 Å². The molecule has 5 heteroatoms. The van der Waals surface area contributed by atoms with Gasteiger partial charge in [-0.15, -0.1) is 0 Å². The number of amides is 2. The molecule has 0 radical (unpaired) electrons. The van der Waals surface area contributed by atoms with Gasteiger partial charge in [-0.05, 0) is 50.1 Å². The Labute approximate surface area is 158 Å². The quantitative estimate of drug-likeness (QED) is 0.732. The number of rotatable bonds is 4. The van der Waals surface area contributed by atoms with Gasteiger partial charge in [0.25, 0.3) is 0 Å². The lowest BCUT2D eigenvalue weighted by Gasteiger charge is -2.22. The smallest absolute Gasteiger partial charge is 0.228 e. The maximum Gasteiger partial charge on any atom is 0.228 e. The van der Waals surface area contributed by atoms with Crippen molar-refractivity contribution in [3.8, 4) is 0 Å². The highest BCUT2D eigenvalue weighted by molar-refractivity contribution is 5.99. The number of fused-ring (bicyclic) bond motifs is 1. The van der Waals surface area contributed by atoms with E-state index in [1.54, 1.807) is 0 Å². The first-order valence-electron chi connectivity index (χ1n) is 9.31. The van der Waals surface area contributed by atoms with Gasteiger partial charge in [-0.1, -0.05) is 24.3 Å². The van der Waals surface area contributed by atoms with E-state index >= 15 is 0 Å². The lowest BCUT2D eigenvalue weighted by Crippen LogP contribution is -2.30. The van der Waals surface area contributed by atoms with Crippen molar-refractivity contribution < 1.29 is 9.59 Å². The molecule has 0 aliphatic carbocycles. The average molecular weight is 361 g/mol. The molecule has 0 spiro atoms. The van der Waals surface area contributed by atoms with Crippen LogP contribution in [-0.2, 0) is 16.0 Å². The van der Waals surface area contributed by atoms with E-state index in [0.29, 0.717) is 18.5 Å². The molecule has 0 saturated carbocycles. The number of hydrogen-bond acceptors (Lipinski definition) is 2. The molecule has 4 rings (SSSR count). The zero-order chi connectivity index (χ0) is 19.0. The normalized spacial score (nSPS) is 16.9. The monoisotopic (exact) mass is 361 g/mol. The van der Waals surface area contributed by atoms with Gasteiger partial charge in [-0.2, -0.15) is 0 Å². The number of anilines is 2. The second kappa shape index (κ2) is 6.91. The van der Waals surface area contributed by atoms with Crippen LogP contribution in [0.2, 0.25) is 0 Å².